The molecule has 0 spiro atoms. The molecule has 1 aliphatic carbocycles. The molecule has 1 aromatic rings. The first-order valence-electron chi connectivity index (χ1n) is 6.85. The lowest BCUT2D eigenvalue weighted by atomic mass is 10.2. The van der Waals surface area contributed by atoms with Crippen molar-refractivity contribution in [2.75, 3.05) is 7.05 Å². The summed E-state index contributed by atoms with van der Waals surface area (Å²) < 4.78 is 28.5. The molecule has 0 N–H and O–H groups in total. The molecule has 1 heterocycles. The van der Waals surface area contributed by atoms with E-state index in [1.54, 1.807) is 35.1 Å². The molecule has 1 amide bonds. The van der Waals surface area contributed by atoms with Crippen molar-refractivity contribution in [2.24, 2.45) is 0 Å². The normalized spacial score (nSPS) is 20.5. The number of rotatable bonds is 4. The average Bonchev–Trinajstić information content (AvgIpc) is 3.26. The van der Waals surface area contributed by atoms with Crippen LogP contribution in [0.4, 0.5) is 8.78 Å². The van der Waals surface area contributed by atoms with Crippen molar-refractivity contribution in [2.45, 2.75) is 25.5 Å². The summed E-state index contributed by atoms with van der Waals surface area (Å²) in [4.78, 5) is 15.8. The molecule has 22 heavy (non-hydrogen) atoms. The van der Waals surface area contributed by atoms with E-state index in [-0.39, 0.29) is 17.7 Å². The quantitative estimate of drug-likeness (QED) is 0.630. The Morgan fingerprint density at radius 3 is 2.50 bits per heavy atom. The van der Waals surface area contributed by atoms with Crippen molar-refractivity contribution in [3.63, 3.8) is 0 Å². The predicted octanol–water partition coefficient (Wildman–Crippen LogP) is 2.85. The summed E-state index contributed by atoms with van der Waals surface area (Å²) in [5, 5.41) is 0.511. The summed E-state index contributed by atoms with van der Waals surface area (Å²) >= 11 is 5.30. The number of ether oxygens (including phenoxy) is 1. The highest BCUT2D eigenvalue weighted by molar-refractivity contribution is 7.80. The Bertz CT molecular complexity index is 641. The van der Waals surface area contributed by atoms with Crippen LogP contribution in [0.5, 0.6) is 5.75 Å². The van der Waals surface area contributed by atoms with Gasteiger partial charge >= 0.3 is 6.61 Å². The summed E-state index contributed by atoms with van der Waals surface area (Å²) in [7, 11) is 1.75. The van der Waals surface area contributed by atoms with Crippen LogP contribution in [0.1, 0.15) is 18.4 Å². The zero-order valence-corrected chi connectivity index (χ0v) is 12.6. The number of likely N-dealkylation sites (N-methyl/N-ethyl adjacent to an activating group) is 1. The number of carbonyl (C=O) groups is 1. The first-order chi connectivity index (χ1) is 10.5. The molecule has 0 bridgehead atoms. The molecular weight excluding hydrogens is 310 g/mol. The lowest BCUT2D eigenvalue weighted by Crippen LogP contribution is -2.33. The molecule has 3 rings (SSSR count). The highest BCUT2D eigenvalue weighted by Crippen LogP contribution is 2.34. The van der Waals surface area contributed by atoms with Crippen LogP contribution < -0.4 is 4.74 Å². The van der Waals surface area contributed by atoms with E-state index in [4.69, 9.17) is 12.2 Å². The van der Waals surface area contributed by atoms with Crippen LogP contribution in [0, 0.1) is 0 Å². The predicted molar refractivity (Wildman–Crippen MR) is 81.3 cm³/mol. The van der Waals surface area contributed by atoms with Gasteiger partial charge in [0, 0.05) is 13.1 Å². The number of benzene rings is 1. The molecule has 116 valence electrons. The van der Waals surface area contributed by atoms with Gasteiger partial charge in [-0.15, -0.1) is 0 Å². The topological polar surface area (TPSA) is 32.8 Å². The summed E-state index contributed by atoms with van der Waals surface area (Å²) in [6.45, 7) is -2.85. The van der Waals surface area contributed by atoms with Gasteiger partial charge in [0.1, 0.15) is 11.4 Å². The minimum absolute atomic E-state index is 0.0818. The molecule has 4 nitrogen and oxygen atoms in total. The third kappa shape index (κ3) is 2.81. The molecule has 0 unspecified atom stereocenters. The van der Waals surface area contributed by atoms with Gasteiger partial charge in [-0.1, -0.05) is 12.1 Å². The van der Waals surface area contributed by atoms with Gasteiger partial charge in [-0.3, -0.25) is 9.69 Å². The fourth-order valence-electron chi connectivity index (χ4n) is 2.34. The van der Waals surface area contributed by atoms with Crippen LogP contribution in [-0.4, -0.2) is 40.5 Å². The van der Waals surface area contributed by atoms with E-state index >= 15 is 0 Å². The summed E-state index contributed by atoms with van der Waals surface area (Å²) in [6.07, 6.45) is 3.66. The number of halogens is 2. The molecular formula is C15H14F2N2O2S. The maximum Gasteiger partial charge on any atom is 0.387 e. The van der Waals surface area contributed by atoms with Crippen LogP contribution in [0.2, 0.25) is 0 Å². The van der Waals surface area contributed by atoms with E-state index in [0.717, 1.165) is 18.4 Å². The number of alkyl halides is 2. The van der Waals surface area contributed by atoms with Crippen LogP contribution in [-0.2, 0) is 4.79 Å². The third-order valence-electron chi connectivity index (χ3n) is 3.61. The van der Waals surface area contributed by atoms with Crippen LogP contribution in [0.25, 0.3) is 6.08 Å². The smallest absolute Gasteiger partial charge is 0.387 e. The largest absolute Gasteiger partial charge is 0.435 e. The molecule has 0 atom stereocenters. The van der Waals surface area contributed by atoms with Gasteiger partial charge in [-0.05, 0) is 48.8 Å². The molecule has 0 aromatic heterocycles. The van der Waals surface area contributed by atoms with E-state index < -0.39 is 6.61 Å². The Kier molecular flexibility index (Phi) is 3.82. The number of hydrogen-bond donors (Lipinski definition) is 0. The molecule has 1 saturated carbocycles. The van der Waals surface area contributed by atoms with Crippen molar-refractivity contribution in [3.8, 4) is 5.75 Å². The number of thiocarbonyl (C=S) groups is 1. The molecule has 2 aliphatic rings. The van der Waals surface area contributed by atoms with E-state index in [0.29, 0.717) is 10.8 Å². The number of carbonyl (C=O) groups excluding carboxylic acids is 1. The first kappa shape index (κ1) is 14.9. The summed E-state index contributed by atoms with van der Waals surface area (Å²) in [6, 6.07) is 6.34. The van der Waals surface area contributed by atoms with Gasteiger partial charge in [0.25, 0.3) is 5.91 Å². The minimum Gasteiger partial charge on any atom is -0.435 e. The highest BCUT2D eigenvalue weighted by Gasteiger charge is 2.44. The van der Waals surface area contributed by atoms with E-state index in [9.17, 15) is 13.6 Å². The van der Waals surface area contributed by atoms with Crippen molar-refractivity contribution >= 4 is 29.3 Å². The van der Waals surface area contributed by atoms with Crippen molar-refractivity contribution in [1.29, 1.82) is 0 Å². The van der Waals surface area contributed by atoms with E-state index in [1.807, 2.05) is 0 Å². The van der Waals surface area contributed by atoms with E-state index in [2.05, 4.69) is 4.74 Å². The van der Waals surface area contributed by atoms with Crippen LogP contribution in [0.3, 0.4) is 0 Å². The van der Waals surface area contributed by atoms with Gasteiger partial charge in [-0.2, -0.15) is 8.78 Å². The average molecular weight is 324 g/mol. The van der Waals surface area contributed by atoms with Gasteiger partial charge < -0.3 is 9.64 Å². The van der Waals surface area contributed by atoms with Crippen LogP contribution >= 0.6 is 12.2 Å². The number of amides is 1. The lowest BCUT2D eigenvalue weighted by Gasteiger charge is -2.15. The fraction of sp³-hybridized carbons (Fsp3) is 0.333. The second-order valence-corrected chi connectivity index (χ2v) is 5.59. The second-order valence-electron chi connectivity index (χ2n) is 5.23. The SMILES string of the molecule is CN1C(=S)N(C2CC2)C(=O)/C1=C/c1ccc(OC(F)F)cc1. The maximum absolute atomic E-state index is 12.4. The Morgan fingerprint density at radius 2 is 1.95 bits per heavy atom. The van der Waals surface area contributed by atoms with Gasteiger partial charge in [-0.25, -0.2) is 0 Å². The third-order valence-corrected chi connectivity index (χ3v) is 4.08. The monoisotopic (exact) mass is 324 g/mol. The maximum atomic E-state index is 12.4. The van der Waals surface area contributed by atoms with Gasteiger partial charge in [0.05, 0.1) is 0 Å². The van der Waals surface area contributed by atoms with Crippen molar-refractivity contribution in [3.05, 3.63) is 35.5 Å². The highest BCUT2D eigenvalue weighted by atomic mass is 32.1. The summed E-state index contributed by atoms with van der Waals surface area (Å²) in [5.74, 6) is -0.0266. The second kappa shape index (κ2) is 5.64. The van der Waals surface area contributed by atoms with E-state index in [1.165, 1.54) is 12.1 Å². The number of hydrogen-bond acceptors (Lipinski definition) is 3. The minimum atomic E-state index is -2.85. The fourth-order valence-corrected chi connectivity index (χ4v) is 2.67. The molecule has 1 aliphatic heterocycles. The summed E-state index contributed by atoms with van der Waals surface area (Å²) in [5.41, 5.74) is 1.21. The zero-order chi connectivity index (χ0) is 15.9. The van der Waals surface area contributed by atoms with Gasteiger partial charge in [0.2, 0.25) is 0 Å². The van der Waals surface area contributed by atoms with Gasteiger partial charge in [0.15, 0.2) is 5.11 Å². The molecule has 2 fully saturated rings. The molecule has 0 radical (unpaired) electrons. The molecule has 1 aromatic carbocycles. The Morgan fingerprint density at radius 1 is 1.32 bits per heavy atom. The Balaban J connectivity index is 1.82. The Hall–Kier alpha value is -2.02. The first-order valence-corrected chi connectivity index (χ1v) is 7.26. The Labute approximate surface area is 131 Å². The van der Waals surface area contributed by atoms with Crippen molar-refractivity contribution in [1.82, 2.24) is 9.80 Å². The standard InChI is InChI=1S/C15H14F2N2O2S/c1-18-12(13(20)19(15(18)22)10-4-5-10)8-9-2-6-11(7-3-9)21-14(16)17/h2-3,6-8,10,14H,4-5H2,1H3/b12-8-. The van der Waals surface area contributed by atoms with Crippen LogP contribution in [0.15, 0.2) is 30.0 Å². The van der Waals surface area contributed by atoms with Crippen molar-refractivity contribution < 1.29 is 18.3 Å². The number of nitrogens with zero attached hydrogens (tertiary/aromatic N) is 2. The lowest BCUT2D eigenvalue weighted by molar-refractivity contribution is -0.122. The molecule has 7 heteroatoms. The zero-order valence-electron chi connectivity index (χ0n) is 11.8. The molecule has 1 saturated heterocycles.